The summed E-state index contributed by atoms with van der Waals surface area (Å²) in [4.78, 5) is 14.9. The molecule has 6 heteroatoms. The summed E-state index contributed by atoms with van der Waals surface area (Å²) in [7, 11) is 0. The van der Waals surface area contributed by atoms with Crippen LogP contribution in [0.25, 0.3) is 0 Å². The highest BCUT2D eigenvalue weighted by Crippen LogP contribution is 2.35. The maximum absolute atomic E-state index is 11.2. The van der Waals surface area contributed by atoms with Crippen molar-refractivity contribution in [3.8, 4) is 5.75 Å². The summed E-state index contributed by atoms with van der Waals surface area (Å²) in [6, 6.07) is 7.10. The van der Waals surface area contributed by atoms with Gasteiger partial charge in [0.25, 0.3) is 0 Å². The van der Waals surface area contributed by atoms with Crippen LogP contribution in [0.1, 0.15) is 33.8 Å². The van der Waals surface area contributed by atoms with Gasteiger partial charge in [-0.05, 0) is 48.2 Å². The molecule has 1 amide bonds. The molecule has 2 N–H and O–H groups in total. The lowest BCUT2D eigenvalue weighted by molar-refractivity contribution is 0.1000. The van der Waals surface area contributed by atoms with Crippen LogP contribution in [-0.4, -0.2) is 30.4 Å². The first-order chi connectivity index (χ1) is 11.1. The third-order valence-electron chi connectivity index (χ3n) is 4.13. The number of nitrogens with two attached hydrogens (primary N) is 1. The minimum absolute atomic E-state index is 0.0515. The monoisotopic (exact) mass is 350 g/mol. The van der Waals surface area contributed by atoms with Crippen LogP contribution in [0.4, 0.5) is 0 Å². The molecule has 1 aromatic heterocycles. The molecule has 23 heavy (non-hydrogen) atoms. The zero-order chi connectivity index (χ0) is 16.4. The molecule has 1 atom stereocenters. The summed E-state index contributed by atoms with van der Waals surface area (Å²) in [5.74, 6) is 0.0876. The van der Waals surface area contributed by atoms with Gasteiger partial charge in [-0.15, -0.1) is 11.3 Å². The zero-order valence-corrected chi connectivity index (χ0v) is 14.5. The van der Waals surface area contributed by atoms with Crippen LogP contribution in [0.3, 0.4) is 0 Å². The molecule has 0 aliphatic carbocycles. The highest BCUT2D eigenvalue weighted by atomic mass is 35.5. The van der Waals surface area contributed by atoms with Crippen molar-refractivity contribution in [2.45, 2.75) is 19.4 Å². The van der Waals surface area contributed by atoms with Crippen LogP contribution in [0.5, 0.6) is 5.75 Å². The van der Waals surface area contributed by atoms with Crippen molar-refractivity contribution in [1.29, 1.82) is 0 Å². The minimum Gasteiger partial charge on any atom is -0.482 e. The van der Waals surface area contributed by atoms with E-state index < -0.39 is 5.91 Å². The van der Waals surface area contributed by atoms with Gasteiger partial charge in [0.2, 0.25) is 5.91 Å². The first-order valence-corrected chi connectivity index (χ1v) is 8.89. The second kappa shape index (κ2) is 6.91. The predicted octanol–water partition coefficient (Wildman–Crippen LogP) is 3.50. The predicted molar refractivity (Wildman–Crippen MR) is 93.5 cm³/mol. The fourth-order valence-corrected chi connectivity index (χ4v) is 4.00. The zero-order valence-electron chi connectivity index (χ0n) is 12.9. The Bertz CT molecular complexity index is 716. The molecule has 0 bridgehead atoms. The molecule has 0 radical (unpaired) electrons. The number of likely N-dealkylation sites (N-methyl/N-ethyl adjacent to an activating group) is 1. The second-order valence-electron chi connectivity index (χ2n) is 5.57. The highest BCUT2D eigenvalue weighted by molar-refractivity contribution is 7.10. The average molecular weight is 351 g/mol. The number of carbonyl (C=O) groups is 1. The second-order valence-corrected chi connectivity index (χ2v) is 6.92. The van der Waals surface area contributed by atoms with Gasteiger partial charge in [-0.25, -0.2) is 0 Å². The van der Waals surface area contributed by atoms with E-state index in [1.165, 1.54) is 10.4 Å². The Kier molecular flexibility index (Phi) is 4.90. The lowest BCUT2D eigenvalue weighted by Crippen LogP contribution is -2.30. The van der Waals surface area contributed by atoms with Crippen molar-refractivity contribution in [3.63, 3.8) is 0 Å². The Morgan fingerprint density at radius 3 is 3.00 bits per heavy atom. The van der Waals surface area contributed by atoms with E-state index in [0.29, 0.717) is 16.3 Å². The molecule has 4 nitrogen and oxygen atoms in total. The number of rotatable bonds is 4. The number of benzene rings is 1. The van der Waals surface area contributed by atoms with Gasteiger partial charge in [0.1, 0.15) is 11.9 Å². The van der Waals surface area contributed by atoms with Crippen molar-refractivity contribution in [1.82, 2.24) is 4.90 Å². The normalized spacial score (nSPS) is 18.3. The first kappa shape index (κ1) is 16.3. The third kappa shape index (κ3) is 3.52. The van der Waals surface area contributed by atoms with Crippen molar-refractivity contribution >= 4 is 28.8 Å². The van der Waals surface area contributed by atoms with Crippen LogP contribution in [0.2, 0.25) is 5.02 Å². The molecule has 122 valence electrons. The quantitative estimate of drug-likeness (QED) is 0.918. The van der Waals surface area contributed by atoms with Crippen molar-refractivity contribution in [2.75, 3.05) is 19.6 Å². The van der Waals surface area contributed by atoms with Crippen molar-refractivity contribution < 1.29 is 9.53 Å². The highest BCUT2D eigenvalue weighted by Gasteiger charge is 2.25. The lowest BCUT2D eigenvalue weighted by Gasteiger charge is -2.24. The largest absolute Gasteiger partial charge is 0.482 e. The fraction of sp³-hybridized carbons (Fsp3) is 0.353. The van der Waals surface area contributed by atoms with Crippen LogP contribution in [-0.2, 0) is 6.42 Å². The van der Waals surface area contributed by atoms with E-state index in [-0.39, 0.29) is 6.10 Å². The van der Waals surface area contributed by atoms with E-state index in [4.69, 9.17) is 22.1 Å². The van der Waals surface area contributed by atoms with Gasteiger partial charge in [0.05, 0.1) is 5.02 Å². The van der Waals surface area contributed by atoms with E-state index in [0.717, 1.165) is 26.1 Å². The van der Waals surface area contributed by atoms with Gasteiger partial charge >= 0.3 is 0 Å². The van der Waals surface area contributed by atoms with Gasteiger partial charge in [0.15, 0.2) is 0 Å². The molecule has 1 aromatic carbocycles. The first-order valence-electron chi connectivity index (χ1n) is 7.63. The summed E-state index contributed by atoms with van der Waals surface area (Å²) < 4.78 is 6.20. The van der Waals surface area contributed by atoms with Crippen LogP contribution >= 0.6 is 22.9 Å². The number of halogens is 1. The molecular formula is C17H19ClN2O2S. The minimum atomic E-state index is -0.495. The number of thiophene rings is 1. The topological polar surface area (TPSA) is 55.6 Å². The number of primary amides is 1. The molecule has 2 aromatic rings. The number of ether oxygens (including phenoxy) is 1. The number of hydrogen-bond acceptors (Lipinski definition) is 4. The number of carbonyl (C=O) groups excluding carboxylic acids is 1. The van der Waals surface area contributed by atoms with Gasteiger partial charge < -0.3 is 10.5 Å². The molecule has 3 rings (SSSR count). The summed E-state index contributed by atoms with van der Waals surface area (Å²) in [6.07, 6.45) is 0.991. The molecular weight excluding hydrogens is 332 g/mol. The summed E-state index contributed by atoms with van der Waals surface area (Å²) in [5, 5.41) is 2.52. The Labute approximate surface area is 144 Å². The van der Waals surface area contributed by atoms with Crippen LogP contribution in [0.15, 0.2) is 29.6 Å². The van der Waals surface area contributed by atoms with E-state index >= 15 is 0 Å². The Morgan fingerprint density at radius 1 is 1.48 bits per heavy atom. The molecule has 0 fully saturated rings. The number of hydrogen-bond donors (Lipinski definition) is 1. The number of amides is 1. The molecule has 0 saturated carbocycles. The van der Waals surface area contributed by atoms with Gasteiger partial charge in [-0.2, -0.15) is 0 Å². The molecule has 0 spiro atoms. The number of nitrogens with zero attached hydrogens (tertiary/aromatic N) is 1. The fourth-order valence-electron chi connectivity index (χ4n) is 2.80. The van der Waals surface area contributed by atoms with E-state index in [1.807, 2.05) is 0 Å². The van der Waals surface area contributed by atoms with Crippen LogP contribution < -0.4 is 10.5 Å². The Morgan fingerprint density at radius 2 is 2.30 bits per heavy atom. The van der Waals surface area contributed by atoms with Gasteiger partial charge in [-0.1, -0.05) is 18.5 Å². The SMILES string of the molecule is CCN1CCc2ccsc2C(Oc2ccc(C(N)=O)cc2Cl)C1. The van der Waals surface area contributed by atoms with Crippen LogP contribution in [0, 0.1) is 0 Å². The van der Waals surface area contributed by atoms with Gasteiger partial charge in [-0.3, -0.25) is 9.69 Å². The smallest absolute Gasteiger partial charge is 0.248 e. The summed E-state index contributed by atoms with van der Waals surface area (Å²) >= 11 is 7.99. The average Bonchev–Trinajstić information content (AvgIpc) is 2.93. The molecule has 0 saturated heterocycles. The summed E-state index contributed by atoms with van der Waals surface area (Å²) in [6.45, 7) is 5.01. The van der Waals surface area contributed by atoms with E-state index in [2.05, 4.69) is 23.3 Å². The Balaban J connectivity index is 1.87. The third-order valence-corrected chi connectivity index (χ3v) is 5.47. The van der Waals surface area contributed by atoms with Crippen molar-refractivity contribution in [3.05, 3.63) is 50.7 Å². The molecule has 1 aliphatic rings. The standard InChI is InChI=1S/C17H19ClN2O2S/c1-2-20-7-5-11-6-8-23-16(11)15(10-20)22-14-4-3-12(17(19)21)9-13(14)18/h3-4,6,8-9,15H,2,5,7,10H2,1H3,(H2,19,21). The maximum atomic E-state index is 11.2. The van der Waals surface area contributed by atoms with E-state index in [9.17, 15) is 4.79 Å². The Hall–Kier alpha value is -1.56. The lowest BCUT2D eigenvalue weighted by atomic mass is 10.1. The maximum Gasteiger partial charge on any atom is 0.248 e. The summed E-state index contributed by atoms with van der Waals surface area (Å²) in [5.41, 5.74) is 7.01. The molecule has 1 unspecified atom stereocenters. The molecule has 2 heterocycles. The van der Waals surface area contributed by atoms with Crippen molar-refractivity contribution in [2.24, 2.45) is 5.73 Å². The van der Waals surface area contributed by atoms with E-state index in [1.54, 1.807) is 29.5 Å². The van der Waals surface area contributed by atoms with Gasteiger partial charge in [0, 0.05) is 23.5 Å². The molecule has 1 aliphatic heterocycles. The number of fused-ring (bicyclic) bond motifs is 1.